The summed E-state index contributed by atoms with van der Waals surface area (Å²) in [5.74, 6) is 1.55. The van der Waals surface area contributed by atoms with E-state index < -0.39 is 10.0 Å². The second-order valence-corrected chi connectivity index (χ2v) is 12.9. The Morgan fingerprint density at radius 3 is 2.69 bits per heavy atom. The predicted molar refractivity (Wildman–Crippen MR) is 139 cm³/mol. The van der Waals surface area contributed by atoms with Gasteiger partial charge in [-0.05, 0) is 37.3 Å². The number of aryl methyl sites for hydroxylation is 3. The van der Waals surface area contributed by atoms with Gasteiger partial charge in [-0.3, -0.25) is 9.08 Å². The van der Waals surface area contributed by atoms with Gasteiger partial charge in [0.15, 0.2) is 11.5 Å². The van der Waals surface area contributed by atoms with Crippen molar-refractivity contribution >= 4 is 37.8 Å². The molecule has 0 atom stereocenters. The first-order chi connectivity index (χ1) is 16.7. The fourth-order valence-corrected chi connectivity index (χ4v) is 6.96. The van der Waals surface area contributed by atoms with E-state index in [4.69, 9.17) is 4.98 Å². The van der Waals surface area contributed by atoms with E-state index in [1.54, 1.807) is 18.8 Å². The molecule has 1 saturated carbocycles. The molecule has 0 aromatic carbocycles. The molecule has 35 heavy (non-hydrogen) atoms. The number of sulfonamides is 1. The SMILES string of the molecule is Cc1cc(Nc2nc(CCCCC3CC3)cn3c(-c4cnn(C)c4)cnc23)sc1S(=O)(=O)N(C)C. The first-order valence-corrected chi connectivity index (χ1v) is 14.1. The number of unbranched alkanes of at least 4 members (excludes halogenated alkanes) is 1. The number of hydrogen-bond donors (Lipinski definition) is 1. The molecule has 1 aliphatic rings. The summed E-state index contributed by atoms with van der Waals surface area (Å²) < 4.78 is 30.8. The smallest absolute Gasteiger partial charge is 0.252 e. The topological polar surface area (TPSA) is 97.4 Å². The summed E-state index contributed by atoms with van der Waals surface area (Å²) in [6.07, 6.45) is 14.9. The highest BCUT2D eigenvalue weighted by atomic mass is 32.2. The third-order valence-corrected chi connectivity index (χ3v) is 9.94. The van der Waals surface area contributed by atoms with Gasteiger partial charge in [0, 0.05) is 39.1 Å². The predicted octanol–water partition coefficient (Wildman–Crippen LogP) is 4.62. The van der Waals surface area contributed by atoms with Crippen LogP contribution in [0.15, 0.2) is 35.1 Å². The highest BCUT2D eigenvalue weighted by Gasteiger charge is 2.24. The number of rotatable bonds is 10. The summed E-state index contributed by atoms with van der Waals surface area (Å²) in [4.78, 5) is 9.56. The molecule has 0 bridgehead atoms. The molecule has 4 aromatic heterocycles. The number of nitrogens with one attached hydrogen (secondary N) is 1. The molecule has 11 heteroatoms. The van der Waals surface area contributed by atoms with E-state index in [1.165, 1.54) is 41.3 Å². The highest BCUT2D eigenvalue weighted by Crippen LogP contribution is 2.36. The number of hydrogen-bond acceptors (Lipinski definition) is 7. The number of aromatic nitrogens is 5. The fraction of sp³-hybridized carbons (Fsp3) is 0.458. The Morgan fingerprint density at radius 2 is 2.00 bits per heavy atom. The molecule has 1 fully saturated rings. The Balaban J connectivity index is 1.50. The van der Waals surface area contributed by atoms with Crippen molar-refractivity contribution in [2.24, 2.45) is 13.0 Å². The van der Waals surface area contributed by atoms with E-state index in [0.29, 0.717) is 26.2 Å². The fourth-order valence-electron chi connectivity index (χ4n) is 4.22. The van der Waals surface area contributed by atoms with Gasteiger partial charge in [0.05, 0.1) is 28.8 Å². The van der Waals surface area contributed by atoms with E-state index in [0.717, 1.165) is 35.7 Å². The molecule has 9 nitrogen and oxygen atoms in total. The third-order valence-electron chi connectivity index (χ3n) is 6.36. The molecule has 0 unspecified atom stereocenters. The first kappa shape index (κ1) is 24.0. The quantitative estimate of drug-likeness (QED) is 0.311. The summed E-state index contributed by atoms with van der Waals surface area (Å²) in [6.45, 7) is 1.81. The lowest BCUT2D eigenvalue weighted by atomic mass is 10.1. The summed E-state index contributed by atoms with van der Waals surface area (Å²) in [5, 5.41) is 8.40. The zero-order valence-electron chi connectivity index (χ0n) is 20.5. The molecule has 1 N–H and O–H groups in total. The number of anilines is 2. The van der Waals surface area contributed by atoms with Crippen molar-refractivity contribution in [3.63, 3.8) is 0 Å². The van der Waals surface area contributed by atoms with Crippen LogP contribution in [0.5, 0.6) is 0 Å². The van der Waals surface area contributed by atoms with Crippen molar-refractivity contribution in [2.45, 2.75) is 49.7 Å². The van der Waals surface area contributed by atoms with E-state index in [2.05, 4.69) is 26.0 Å². The van der Waals surface area contributed by atoms with Crippen LogP contribution in [0.1, 0.15) is 43.4 Å². The zero-order chi connectivity index (χ0) is 24.7. The lowest BCUT2D eigenvalue weighted by Gasteiger charge is -2.10. The average Bonchev–Trinajstić information content (AvgIpc) is 3.17. The van der Waals surface area contributed by atoms with Gasteiger partial charge in [-0.1, -0.05) is 25.7 Å². The van der Waals surface area contributed by atoms with Crippen molar-refractivity contribution in [1.29, 1.82) is 0 Å². The molecular weight excluding hydrogens is 482 g/mol. The van der Waals surface area contributed by atoms with Gasteiger partial charge in [-0.15, -0.1) is 11.3 Å². The van der Waals surface area contributed by atoms with E-state index >= 15 is 0 Å². The Hall–Kier alpha value is -2.76. The molecule has 0 spiro atoms. The minimum Gasteiger partial charge on any atom is -0.329 e. The van der Waals surface area contributed by atoms with Crippen molar-refractivity contribution in [1.82, 2.24) is 28.5 Å². The van der Waals surface area contributed by atoms with Crippen LogP contribution < -0.4 is 5.32 Å². The van der Waals surface area contributed by atoms with Gasteiger partial charge in [-0.25, -0.2) is 22.7 Å². The molecule has 1 aliphatic carbocycles. The van der Waals surface area contributed by atoms with E-state index in [9.17, 15) is 8.42 Å². The third kappa shape index (κ3) is 4.98. The summed E-state index contributed by atoms with van der Waals surface area (Å²) in [5.41, 5.74) is 4.29. The maximum Gasteiger partial charge on any atom is 0.252 e. The largest absolute Gasteiger partial charge is 0.329 e. The van der Waals surface area contributed by atoms with Crippen molar-refractivity contribution in [3.8, 4) is 11.3 Å². The van der Waals surface area contributed by atoms with Crippen molar-refractivity contribution in [3.05, 3.63) is 42.1 Å². The van der Waals surface area contributed by atoms with Crippen LogP contribution >= 0.6 is 11.3 Å². The molecule has 0 amide bonds. The molecule has 0 radical (unpaired) electrons. The minimum absolute atomic E-state index is 0.330. The molecule has 0 aliphatic heterocycles. The van der Waals surface area contributed by atoms with Crippen LogP contribution in [0, 0.1) is 12.8 Å². The maximum atomic E-state index is 12.7. The zero-order valence-corrected chi connectivity index (χ0v) is 22.2. The van der Waals surface area contributed by atoms with Crippen LogP contribution in [0.2, 0.25) is 0 Å². The Kier molecular flexibility index (Phi) is 6.41. The van der Waals surface area contributed by atoms with Gasteiger partial charge in [0.25, 0.3) is 10.0 Å². The Morgan fingerprint density at radius 1 is 1.20 bits per heavy atom. The van der Waals surface area contributed by atoms with E-state index in [-0.39, 0.29) is 0 Å². The van der Waals surface area contributed by atoms with Crippen LogP contribution in [-0.4, -0.2) is 51.0 Å². The van der Waals surface area contributed by atoms with Gasteiger partial charge in [0.2, 0.25) is 0 Å². The molecular formula is C24H31N7O2S2. The second kappa shape index (κ2) is 9.36. The molecule has 5 rings (SSSR count). The van der Waals surface area contributed by atoms with Gasteiger partial charge >= 0.3 is 0 Å². The lowest BCUT2D eigenvalue weighted by Crippen LogP contribution is -2.21. The van der Waals surface area contributed by atoms with Gasteiger partial charge in [-0.2, -0.15) is 5.10 Å². The molecule has 4 aromatic rings. The summed E-state index contributed by atoms with van der Waals surface area (Å²) >= 11 is 1.21. The van der Waals surface area contributed by atoms with Crippen LogP contribution in [0.25, 0.3) is 16.9 Å². The lowest BCUT2D eigenvalue weighted by molar-refractivity contribution is 0.522. The molecule has 0 saturated heterocycles. The average molecular weight is 514 g/mol. The second-order valence-electron chi connectivity index (χ2n) is 9.50. The molecule has 4 heterocycles. The first-order valence-electron chi connectivity index (χ1n) is 11.9. The van der Waals surface area contributed by atoms with Gasteiger partial charge in [0.1, 0.15) is 4.21 Å². The van der Waals surface area contributed by atoms with E-state index in [1.807, 2.05) is 38.6 Å². The van der Waals surface area contributed by atoms with Crippen molar-refractivity contribution in [2.75, 3.05) is 19.4 Å². The van der Waals surface area contributed by atoms with Crippen LogP contribution in [0.3, 0.4) is 0 Å². The van der Waals surface area contributed by atoms with Gasteiger partial charge < -0.3 is 5.32 Å². The number of fused-ring (bicyclic) bond motifs is 1. The van der Waals surface area contributed by atoms with Crippen LogP contribution in [0.4, 0.5) is 10.8 Å². The number of nitrogens with zero attached hydrogens (tertiary/aromatic N) is 6. The Labute approximate surface area is 209 Å². The summed E-state index contributed by atoms with van der Waals surface area (Å²) in [7, 11) is 1.47. The highest BCUT2D eigenvalue weighted by molar-refractivity contribution is 7.91. The monoisotopic (exact) mass is 513 g/mol. The molecule has 186 valence electrons. The number of thiophene rings is 1. The normalized spacial score (nSPS) is 14.3. The number of imidazole rings is 1. The Bertz CT molecular complexity index is 1460. The standard InChI is InChI=1S/C24H31N7O2S2/c1-16-11-21(34-24(16)35(32,33)29(2)3)28-22-23-25-13-20(18-12-26-30(4)14-18)31(23)15-19(27-22)8-6-5-7-17-9-10-17/h11-15,17H,5-10H2,1-4H3,(H,27,28). The summed E-state index contributed by atoms with van der Waals surface area (Å²) in [6, 6.07) is 1.85. The minimum atomic E-state index is -3.51. The van der Waals surface area contributed by atoms with Crippen molar-refractivity contribution < 1.29 is 8.42 Å². The maximum absolute atomic E-state index is 12.7. The van der Waals surface area contributed by atoms with Crippen LogP contribution in [-0.2, 0) is 23.5 Å².